The van der Waals surface area contributed by atoms with E-state index in [9.17, 15) is 9.59 Å². The van der Waals surface area contributed by atoms with E-state index in [4.69, 9.17) is 9.47 Å². The first kappa shape index (κ1) is 21.8. The van der Waals surface area contributed by atoms with Crippen LogP contribution in [0.15, 0.2) is 54.6 Å². The van der Waals surface area contributed by atoms with Crippen LogP contribution in [0.1, 0.15) is 27.3 Å². The van der Waals surface area contributed by atoms with E-state index in [0.717, 1.165) is 22.5 Å². The molecule has 0 atom stereocenters. The molecule has 0 unspecified atom stereocenters. The lowest BCUT2D eigenvalue weighted by Crippen LogP contribution is -2.20. The lowest BCUT2D eigenvalue weighted by Gasteiger charge is -2.12. The Labute approximate surface area is 181 Å². The number of hydrogen-bond donors (Lipinski definition) is 1. The molecule has 1 aromatic heterocycles. The van der Waals surface area contributed by atoms with Crippen LogP contribution in [0, 0.1) is 13.8 Å². The van der Waals surface area contributed by atoms with Gasteiger partial charge in [-0.3, -0.25) is 14.3 Å². The third-order valence-electron chi connectivity index (χ3n) is 4.65. The zero-order valence-corrected chi connectivity index (χ0v) is 18.0. The largest absolute Gasteiger partial charge is 0.493 e. The van der Waals surface area contributed by atoms with Gasteiger partial charge in [-0.1, -0.05) is 30.3 Å². The van der Waals surface area contributed by atoms with Crippen LogP contribution in [0.4, 0.5) is 5.69 Å². The summed E-state index contributed by atoms with van der Waals surface area (Å²) in [5.74, 6) is 0.496. The molecule has 0 aliphatic heterocycles. The number of rotatable bonds is 8. The zero-order chi connectivity index (χ0) is 22.4. The molecule has 1 amide bonds. The van der Waals surface area contributed by atoms with Gasteiger partial charge in [0.25, 0.3) is 5.91 Å². The molecule has 0 saturated heterocycles. The first-order valence-electron chi connectivity index (χ1n) is 9.76. The average Bonchev–Trinajstić information content (AvgIpc) is 3.10. The Morgan fingerprint density at radius 3 is 2.55 bits per heavy atom. The summed E-state index contributed by atoms with van der Waals surface area (Å²) in [7, 11) is 3.26. The van der Waals surface area contributed by atoms with E-state index < -0.39 is 0 Å². The molecule has 1 N–H and O–H groups in total. The van der Waals surface area contributed by atoms with Crippen molar-refractivity contribution in [3.63, 3.8) is 0 Å². The normalized spacial score (nSPS) is 10.8. The molecule has 1 heterocycles. The third kappa shape index (κ3) is 5.60. The number of allylic oxidation sites excluding steroid dienone is 1. The van der Waals surface area contributed by atoms with Crippen molar-refractivity contribution < 1.29 is 19.1 Å². The van der Waals surface area contributed by atoms with Gasteiger partial charge in [0.1, 0.15) is 5.69 Å². The molecule has 3 aromatic rings. The van der Waals surface area contributed by atoms with Crippen LogP contribution in [0.25, 0.3) is 6.08 Å². The van der Waals surface area contributed by atoms with Gasteiger partial charge < -0.3 is 14.8 Å². The Hall–Kier alpha value is -3.87. The lowest BCUT2D eigenvalue weighted by molar-refractivity contribution is -0.118. The van der Waals surface area contributed by atoms with E-state index in [1.807, 2.05) is 38.1 Å². The maximum atomic E-state index is 12.4. The molecular formula is C24H25N3O4. The highest BCUT2D eigenvalue weighted by molar-refractivity contribution is 6.05. The van der Waals surface area contributed by atoms with Crippen LogP contribution in [0.2, 0.25) is 0 Å². The first-order valence-corrected chi connectivity index (χ1v) is 9.76. The topological polar surface area (TPSA) is 82.4 Å². The number of amides is 1. The van der Waals surface area contributed by atoms with Gasteiger partial charge in [-0.2, -0.15) is 5.10 Å². The second kappa shape index (κ2) is 9.75. The fourth-order valence-electron chi connectivity index (χ4n) is 3.05. The summed E-state index contributed by atoms with van der Waals surface area (Å²) in [6.07, 6.45) is 3.18. The second-order valence-electron chi connectivity index (χ2n) is 7.05. The van der Waals surface area contributed by atoms with Gasteiger partial charge >= 0.3 is 0 Å². The van der Waals surface area contributed by atoms with Crippen LogP contribution in [0.5, 0.6) is 11.5 Å². The zero-order valence-electron chi connectivity index (χ0n) is 18.0. The molecule has 2 aromatic carbocycles. The van der Waals surface area contributed by atoms with E-state index in [1.165, 1.54) is 13.2 Å². The van der Waals surface area contributed by atoms with Gasteiger partial charge in [0, 0.05) is 12.7 Å². The fourth-order valence-corrected chi connectivity index (χ4v) is 3.05. The number of benzene rings is 2. The molecule has 0 radical (unpaired) electrons. The van der Waals surface area contributed by atoms with Crippen LogP contribution in [-0.2, 0) is 11.8 Å². The second-order valence-corrected chi connectivity index (χ2v) is 7.05. The highest BCUT2D eigenvalue weighted by Crippen LogP contribution is 2.28. The van der Waals surface area contributed by atoms with Crippen molar-refractivity contribution in [2.75, 3.05) is 19.0 Å². The number of para-hydroxylation sites is 1. The highest BCUT2D eigenvalue weighted by atomic mass is 16.5. The summed E-state index contributed by atoms with van der Waals surface area (Å²) >= 11 is 0. The molecule has 7 nitrogen and oxygen atoms in total. The lowest BCUT2D eigenvalue weighted by atomic mass is 10.1. The van der Waals surface area contributed by atoms with Crippen molar-refractivity contribution >= 4 is 23.5 Å². The number of methoxy groups -OCH3 is 1. The summed E-state index contributed by atoms with van der Waals surface area (Å²) in [6, 6.07) is 14.5. The molecule has 0 saturated carbocycles. The maximum Gasteiger partial charge on any atom is 0.262 e. The van der Waals surface area contributed by atoms with Crippen molar-refractivity contribution in [2.45, 2.75) is 13.8 Å². The van der Waals surface area contributed by atoms with E-state index in [-0.39, 0.29) is 18.3 Å². The van der Waals surface area contributed by atoms with Crippen molar-refractivity contribution in [3.8, 4) is 11.5 Å². The Morgan fingerprint density at radius 2 is 1.87 bits per heavy atom. The van der Waals surface area contributed by atoms with E-state index in [2.05, 4.69) is 10.4 Å². The van der Waals surface area contributed by atoms with Gasteiger partial charge in [0.2, 0.25) is 5.78 Å². The minimum absolute atomic E-state index is 0.143. The van der Waals surface area contributed by atoms with Crippen LogP contribution < -0.4 is 14.8 Å². The molecule has 7 heteroatoms. The molecule has 31 heavy (non-hydrogen) atoms. The molecule has 0 bridgehead atoms. The van der Waals surface area contributed by atoms with Gasteiger partial charge in [-0.05, 0) is 55.3 Å². The number of carbonyl (C=O) groups excluding carboxylic acids is 2. The fraction of sp³-hybridized carbons (Fsp3) is 0.208. The van der Waals surface area contributed by atoms with Crippen LogP contribution in [-0.4, -0.2) is 35.2 Å². The van der Waals surface area contributed by atoms with Crippen molar-refractivity contribution in [1.82, 2.24) is 9.78 Å². The SMILES string of the molecule is COc1cc(/C=C/C(=O)c2cc(C)nn2C)ccc1OCC(=O)Nc1ccccc1C. The number of carbonyl (C=O) groups is 2. The predicted octanol–water partition coefficient (Wildman–Crippen LogP) is 3.96. The van der Waals surface area contributed by atoms with Crippen LogP contribution >= 0.6 is 0 Å². The number of nitrogens with one attached hydrogen (secondary N) is 1. The molecule has 0 aliphatic rings. The highest BCUT2D eigenvalue weighted by Gasteiger charge is 2.11. The Morgan fingerprint density at radius 1 is 1.10 bits per heavy atom. The number of nitrogens with zero attached hydrogens (tertiary/aromatic N) is 2. The van der Waals surface area contributed by atoms with Gasteiger partial charge in [-0.25, -0.2) is 0 Å². The van der Waals surface area contributed by atoms with Crippen molar-refractivity contribution in [2.24, 2.45) is 7.05 Å². The Balaban J connectivity index is 1.64. The minimum atomic E-state index is -0.266. The smallest absolute Gasteiger partial charge is 0.262 e. The average molecular weight is 419 g/mol. The summed E-state index contributed by atoms with van der Waals surface area (Å²) in [6.45, 7) is 3.61. The van der Waals surface area contributed by atoms with Gasteiger partial charge in [-0.15, -0.1) is 0 Å². The molecule has 0 fully saturated rings. The number of ether oxygens (including phenoxy) is 2. The number of aromatic nitrogens is 2. The summed E-state index contributed by atoms with van der Waals surface area (Å²) in [5, 5.41) is 7.01. The Bertz CT molecular complexity index is 1130. The van der Waals surface area contributed by atoms with E-state index in [1.54, 1.807) is 42.1 Å². The maximum absolute atomic E-state index is 12.4. The molecule has 160 valence electrons. The van der Waals surface area contributed by atoms with Gasteiger partial charge in [0.05, 0.1) is 12.8 Å². The summed E-state index contributed by atoms with van der Waals surface area (Å²) in [4.78, 5) is 24.6. The van der Waals surface area contributed by atoms with Crippen molar-refractivity contribution in [1.29, 1.82) is 0 Å². The van der Waals surface area contributed by atoms with Crippen molar-refractivity contribution in [3.05, 3.63) is 77.1 Å². The molecule has 3 rings (SSSR count). The number of aryl methyl sites for hydroxylation is 3. The van der Waals surface area contributed by atoms with Gasteiger partial charge in [0.15, 0.2) is 18.1 Å². The monoisotopic (exact) mass is 419 g/mol. The minimum Gasteiger partial charge on any atom is -0.493 e. The molecule has 0 aliphatic carbocycles. The first-order chi connectivity index (χ1) is 14.9. The Kier molecular flexibility index (Phi) is 6.87. The van der Waals surface area contributed by atoms with E-state index in [0.29, 0.717) is 17.2 Å². The number of hydrogen-bond acceptors (Lipinski definition) is 5. The quantitative estimate of drug-likeness (QED) is 0.441. The summed E-state index contributed by atoms with van der Waals surface area (Å²) < 4.78 is 12.6. The van der Waals surface area contributed by atoms with E-state index >= 15 is 0 Å². The summed E-state index contributed by atoms with van der Waals surface area (Å²) in [5.41, 5.74) is 3.78. The van der Waals surface area contributed by atoms with Crippen LogP contribution in [0.3, 0.4) is 0 Å². The predicted molar refractivity (Wildman–Crippen MR) is 120 cm³/mol. The molecular weight excluding hydrogens is 394 g/mol. The third-order valence-corrected chi connectivity index (χ3v) is 4.65. The molecule has 0 spiro atoms. The number of ketones is 1. The number of anilines is 1. The standard InChI is InChI=1S/C24H25N3O4/c1-16-7-5-6-8-19(16)25-24(29)15-31-22-12-10-18(14-23(22)30-4)9-11-21(28)20-13-17(2)26-27(20)3/h5-14H,15H2,1-4H3,(H,25,29)/b11-9+.